The van der Waals surface area contributed by atoms with Crippen molar-refractivity contribution in [1.29, 1.82) is 0 Å². The molecule has 5 rings (SSSR count). The molecule has 0 unspecified atom stereocenters. The van der Waals surface area contributed by atoms with Gasteiger partial charge in [-0.05, 0) is 44.5 Å². The smallest absolute Gasteiger partial charge is 0.235 e. The van der Waals surface area contributed by atoms with Crippen LogP contribution in [-0.4, -0.2) is 52.4 Å². The molecule has 148 valence electrons. The van der Waals surface area contributed by atoms with Crippen LogP contribution in [0.1, 0.15) is 31.0 Å². The van der Waals surface area contributed by atoms with E-state index in [4.69, 9.17) is 21.9 Å². The summed E-state index contributed by atoms with van der Waals surface area (Å²) in [5.74, 6) is -0.166. The minimum Gasteiger partial charge on any atom is -0.355 e. The molecule has 0 radical (unpaired) electrons. The molecule has 4 atom stereocenters. The van der Waals surface area contributed by atoms with Gasteiger partial charge in [0.1, 0.15) is 5.69 Å². The van der Waals surface area contributed by atoms with Crippen LogP contribution in [0.3, 0.4) is 0 Å². The van der Waals surface area contributed by atoms with Gasteiger partial charge in [0.25, 0.3) is 0 Å². The largest absolute Gasteiger partial charge is 0.355 e. The number of fused-ring (bicyclic) bond motifs is 3. The molecule has 0 bridgehead atoms. The van der Waals surface area contributed by atoms with Crippen LogP contribution in [0.15, 0.2) is 22.7 Å². The van der Waals surface area contributed by atoms with Crippen molar-refractivity contribution in [3.8, 4) is 10.6 Å². The molecule has 3 fully saturated rings. The molecule has 0 aliphatic carbocycles. The Labute approximate surface area is 171 Å². The fourth-order valence-corrected chi connectivity index (χ4v) is 6.07. The number of hydrogen-bond donors (Lipinski definition) is 1. The van der Waals surface area contributed by atoms with Gasteiger partial charge in [-0.1, -0.05) is 16.8 Å². The lowest BCUT2D eigenvalue weighted by Gasteiger charge is -2.26. The monoisotopic (exact) mass is 420 g/mol. The Hall–Kier alpha value is -1.74. The molecule has 3 aliphatic rings. The lowest BCUT2D eigenvalue weighted by atomic mass is 9.86. The normalized spacial score (nSPS) is 29.7. The van der Waals surface area contributed by atoms with E-state index in [1.54, 1.807) is 0 Å². The average Bonchev–Trinajstić information content (AvgIpc) is 3.45. The predicted molar refractivity (Wildman–Crippen MR) is 105 cm³/mol. The number of amides is 2. The van der Waals surface area contributed by atoms with Crippen LogP contribution in [0, 0.1) is 11.8 Å². The fourth-order valence-electron chi connectivity index (χ4n) is 5.08. The summed E-state index contributed by atoms with van der Waals surface area (Å²) in [5, 5.41) is 4.30. The fraction of sp³-hybridized carbons (Fsp3) is 0.526. The second-order valence-corrected chi connectivity index (χ2v) is 9.35. The third kappa shape index (κ3) is 2.66. The van der Waals surface area contributed by atoms with Crippen molar-refractivity contribution in [2.75, 3.05) is 19.6 Å². The number of carbonyl (C=O) groups excluding carboxylic acids is 2. The number of likely N-dealkylation sites (tertiary alicyclic amines) is 1. The molecule has 28 heavy (non-hydrogen) atoms. The van der Waals surface area contributed by atoms with E-state index in [9.17, 15) is 9.59 Å². The highest BCUT2D eigenvalue weighted by Gasteiger charge is 2.63. The molecule has 2 amide bonds. The van der Waals surface area contributed by atoms with Gasteiger partial charge in [0.05, 0.1) is 27.1 Å². The van der Waals surface area contributed by atoms with Crippen molar-refractivity contribution in [3.63, 3.8) is 0 Å². The highest BCUT2D eigenvalue weighted by atomic mass is 35.5. The second kappa shape index (κ2) is 6.95. The standard InChI is InChI=1S/C19H21ClN4O3S/c20-14-5-4-13(28-14)12-9-10(22-27-12)17-16-15(11-3-1-7-23(11)17)18(25)24(19(16)26)8-2-6-21/h4-5,9,11,15-17H,1-3,6-8,21H2/t11-,15-,16-,17-/m0/s1. The van der Waals surface area contributed by atoms with E-state index < -0.39 is 0 Å². The molecular formula is C19H21ClN4O3S. The number of aromatic nitrogens is 1. The molecule has 3 saturated heterocycles. The first-order valence-corrected chi connectivity index (χ1v) is 10.8. The summed E-state index contributed by atoms with van der Waals surface area (Å²) < 4.78 is 6.26. The molecule has 2 aromatic rings. The maximum absolute atomic E-state index is 13.2. The molecule has 5 heterocycles. The van der Waals surface area contributed by atoms with Gasteiger partial charge >= 0.3 is 0 Å². The lowest BCUT2D eigenvalue weighted by molar-refractivity contribution is -0.141. The van der Waals surface area contributed by atoms with Crippen LogP contribution < -0.4 is 5.73 Å². The summed E-state index contributed by atoms with van der Waals surface area (Å²) in [5.41, 5.74) is 6.31. The Balaban J connectivity index is 1.49. The summed E-state index contributed by atoms with van der Waals surface area (Å²) in [6.45, 7) is 1.73. The SMILES string of the molecule is NCCCN1C(=O)[C@@H]2[C@H](C1=O)[C@H](c1cc(-c3ccc(Cl)s3)on1)N1CCC[C@@H]21. The molecule has 9 heteroatoms. The highest BCUT2D eigenvalue weighted by Crippen LogP contribution is 2.53. The average molecular weight is 421 g/mol. The Morgan fingerprint density at radius 1 is 1.29 bits per heavy atom. The minimum atomic E-state index is -0.388. The third-order valence-electron chi connectivity index (χ3n) is 6.18. The molecule has 0 saturated carbocycles. The second-order valence-electron chi connectivity index (χ2n) is 7.63. The molecule has 3 aliphatic heterocycles. The zero-order valence-electron chi connectivity index (χ0n) is 15.2. The van der Waals surface area contributed by atoms with Crippen molar-refractivity contribution in [1.82, 2.24) is 15.0 Å². The van der Waals surface area contributed by atoms with Gasteiger partial charge in [0.2, 0.25) is 11.8 Å². The van der Waals surface area contributed by atoms with E-state index in [0.717, 1.165) is 30.0 Å². The Bertz CT molecular complexity index is 928. The van der Waals surface area contributed by atoms with Crippen LogP contribution in [0.4, 0.5) is 0 Å². The van der Waals surface area contributed by atoms with Gasteiger partial charge < -0.3 is 10.3 Å². The van der Waals surface area contributed by atoms with Gasteiger partial charge in [-0.3, -0.25) is 19.4 Å². The molecule has 7 nitrogen and oxygen atoms in total. The van der Waals surface area contributed by atoms with Gasteiger partial charge in [-0.25, -0.2) is 0 Å². The zero-order valence-corrected chi connectivity index (χ0v) is 16.8. The quantitative estimate of drug-likeness (QED) is 0.747. The minimum absolute atomic E-state index is 0.0448. The summed E-state index contributed by atoms with van der Waals surface area (Å²) in [7, 11) is 0. The number of thiophene rings is 1. The van der Waals surface area contributed by atoms with Crippen LogP contribution in [0.2, 0.25) is 4.34 Å². The summed E-state index contributed by atoms with van der Waals surface area (Å²) >= 11 is 7.46. The van der Waals surface area contributed by atoms with Crippen molar-refractivity contribution < 1.29 is 14.1 Å². The molecule has 2 aromatic heterocycles. The van der Waals surface area contributed by atoms with Crippen molar-refractivity contribution in [2.24, 2.45) is 17.6 Å². The van der Waals surface area contributed by atoms with Crippen molar-refractivity contribution in [3.05, 3.63) is 28.2 Å². The van der Waals surface area contributed by atoms with E-state index in [1.165, 1.54) is 16.2 Å². The first-order chi connectivity index (χ1) is 13.6. The molecule has 0 aromatic carbocycles. The van der Waals surface area contributed by atoms with Crippen LogP contribution in [-0.2, 0) is 9.59 Å². The number of nitrogens with two attached hydrogens (primary N) is 1. The summed E-state index contributed by atoms with van der Waals surface area (Å²) in [6, 6.07) is 5.49. The maximum Gasteiger partial charge on any atom is 0.235 e. The van der Waals surface area contributed by atoms with Crippen LogP contribution in [0.25, 0.3) is 10.6 Å². The van der Waals surface area contributed by atoms with Gasteiger partial charge in [-0.15, -0.1) is 11.3 Å². The van der Waals surface area contributed by atoms with Crippen LogP contribution >= 0.6 is 22.9 Å². The third-order valence-corrected chi connectivity index (χ3v) is 7.42. The number of nitrogens with zero attached hydrogens (tertiary/aromatic N) is 3. The van der Waals surface area contributed by atoms with E-state index in [0.29, 0.717) is 29.6 Å². The Morgan fingerprint density at radius 3 is 2.86 bits per heavy atom. The predicted octanol–water partition coefficient (Wildman–Crippen LogP) is 2.53. The first-order valence-electron chi connectivity index (χ1n) is 9.63. The summed E-state index contributed by atoms with van der Waals surface area (Å²) in [4.78, 5) is 30.8. The number of hydrogen-bond acceptors (Lipinski definition) is 7. The Morgan fingerprint density at radius 2 is 2.11 bits per heavy atom. The highest BCUT2D eigenvalue weighted by molar-refractivity contribution is 7.19. The number of rotatable bonds is 5. The molecule has 2 N–H and O–H groups in total. The molecule has 0 spiro atoms. The van der Waals surface area contributed by atoms with E-state index in [1.807, 2.05) is 18.2 Å². The first kappa shape index (κ1) is 18.3. The van der Waals surface area contributed by atoms with E-state index >= 15 is 0 Å². The molecular weight excluding hydrogens is 400 g/mol. The maximum atomic E-state index is 13.2. The van der Waals surface area contributed by atoms with E-state index in [-0.39, 0.29) is 35.7 Å². The topological polar surface area (TPSA) is 92.7 Å². The lowest BCUT2D eigenvalue weighted by Crippen LogP contribution is -2.40. The number of halogens is 1. The number of carbonyl (C=O) groups is 2. The van der Waals surface area contributed by atoms with Gasteiger partial charge in [0.15, 0.2) is 5.76 Å². The Kier molecular flexibility index (Phi) is 4.54. The zero-order chi connectivity index (χ0) is 19.4. The van der Waals surface area contributed by atoms with Gasteiger partial charge in [0, 0.05) is 18.7 Å². The number of imide groups is 1. The van der Waals surface area contributed by atoms with Gasteiger partial charge in [-0.2, -0.15) is 0 Å². The van der Waals surface area contributed by atoms with Crippen molar-refractivity contribution >= 4 is 34.8 Å². The van der Waals surface area contributed by atoms with Crippen molar-refractivity contribution in [2.45, 2.75) is 31.3 Å². The summed E-state index contributed by atoms with van der Waals surface area (Å²) in [6.07, 6.45) is 2.59. The van der Waals surface area contributed by atoms with E-state index in [2.05, 4.69) is 10.1 Å². The van der Waals surface area contributed by atoms with Crippen LogP contribution in [0.5, 0.6) is 0 Å².